The number of thioether (sulfide) groups is 1. The first kappa shape index (κ1) is 9.85. The first-order chi connectivity index (χ1) is 5.79. The molecule has 2 heteroatoms. The van der Waals surface area contributed by atoms with Gasteiger partial charge in [-0.2, -0.15) is 0 Å². The van der Waals surface area contributed by atoms with Gasteiger partial charge < -0.3 is 0 Å². The lowest BCUT2D eigenvalue weighted by Crippen LogP contribution is -2.04. The van der Waals surface area contributed by atoms with Crippen LogP contribution >= 0.6 is 11.8 Å². The molecule has 1 aliphatic carbocycles. The normalized spacial score (nSPS) is 22.6. The summed E-state index contributed by atoms with van der Waals surface area (Å²) in [5.74, 6) is 1.84. The molecule has 0 heterocycles. The maximum absolute atomic E-state index is 10.6. The number of allylic oxidation sites excluding steroid dienone is 2. The SMILES string of the molecule is CC(=O)SCC[C@@H]1CC=CCC1. The molecular formula is C10H16OS. The Kier molecular flexibility index (Phi) is 4.44. The lowest BCUT2D eigenvalue weighted by Gasteiger charge is -2.16. The second kappa shape index (κ2) is 5.41. The van der Waals surface area contributed by atoms with Crippen LogP contribution in [0.1, 0.15) is 32.6 Å². The molecule has 0 fully saturated rings. The van der Waals surface area contributed by atoms with E-state index in [1.165, 1.54) is 37.4 Å². The van der Waals surface area contributed by atoms with E-state index in [0.29, 0.717) is 0 Å². The molecule has 1 nitrogen and oxygen atoms in total. The maximum atomic E-state index is 10.6. The minimum atomic E-state index is 0.251. The van der Waals surface area contributed by atoms with Crippen molar-refractivity contribution in [1.82, 2.24) is 0 Å². The van der Waals surface area contributed by atoms with Crippen LogP contribution < -0.4 is 0 Å². The summed E-state index contributed by atoms with van der Waals surface area (Å²) in [5, 5.41) is 0.251. The lowest BCUT2D eigenvalue weighted by molar-refractivity contribution is -0.109. The average molecular weight is 184 g/mol. The average Bonchev–Trinajstić information content (AvgIpc) is 2.05. The Morgan fingerprint density at radius 1 is 1.58 bits per heavy atom. The van der Waals surface area contributed by atoms with E-state index in [1.54, 1.807) is 6.92 Å². The van der Waals surface area contributed by atoms with E-state index in [1.807, 2.05) is 0 Å². The van der Waals surface area contributed by atoms with Crippen LogP contribution in [0, 0.1) is 5.92 Å². The van der Waals surface area contributed by atoms with Gasteiger partial charge >= 0.3 is 0 Å². The summed E-state index contributed by atoms with van der Waals surface area (Å²) >= 11 is 1.46. The Morgan fingerprint density at radius 3 is 3.00 bits per heavy atom. The van der Waals surface area contributed by atoms with Crippen molar-refractivity contribution in [3.05, 3.63) is 12.2 Å². The highest BCUT2D eigenvalue weighted by molar-refractivity contribution is 8.13. The fraction of sp³-hybridized carbons (Fsp3) is 0.700. The van der Waals surface area contributed by atoms with Crippen molar-refractivity contribution in [3.8, 4) is 0 Å². The van der Waals surface area contributed by atoms with Crippen LogP contribution in [-0.2, 0) is 4.79 Å². The van der Waals surface area contributed by atoms with Crippen LogP contribution in [0.25, 0.3) is 0 Å². The van der Waals surface area contributed by atoms with Crippen LogP contribution in [-0.4, -0.2) is 10.9 Å². The number of hydrogen-bond acceptors (Lipinski definition) is 2. The number of rotatable bonds is 3. The summed E-state index contributed by atoms with van der Waals surface area (Å²) in [5.41, 5.74) is 0. The van der Waals surface area contributed by atoms with Gasteiger partial charge in [-0.3, -0.25) is 4.79 Å². The van der Waals surface area contributed by atoms with Gasteiger partial charge in [0, 0.05) is 12.7 Å². The summed E-state index contributed by atoms with van der Waals surface area (Å²) in [6, 6.07) is 0. The third-order valence-electron chi connectivity index (χ3n) is 2.21. The van der Waals surface area contributed by atoms with Gasteiger partial charge in [0.05, 0.1) is 0 Å². The Bertz CT molecular complexity index is 175. The van der Waals surface area contributed by atoms with Crippen molar-refractivity contribution in [2.24, 2.45) is 5.92 Å². The van der Waals surface area contributed by atoms with Crippen LogP contribution in [0.15, 0.2) is 12.2 Å². The molecule has 12 heavy (non-hydrogen) atoms. The molecule has 0 N–H and O–H groups in total. The van der Waals surface area contributed by atoms with Gasteiger partial charge in [0.25, 0.3) is 0 Å². The maximum Gasteiger partial charge on any atom is 0.185 e. The highest BCUT2D eigenvalue weighted by Gasteiger charge is 2.09. The minimum Gasteiger partial charge on any atom is -0.288 e. The van der Waals surface area contributed by atoms with Gasteiger partial charge in [0.15, 0.2) is 5.12 Å². The summed E-state index contributed by atoms with van der Waals surface area (Å²) in [6.45, 7) is 1.64. The lowest BCUT2D eigenvalue weighted by atomic mass is 9.92. The molecule has 0 bridgehead atoms. The minimum absolute atomic E-state index is 0.251. The molecule has 0 unspecified atom stereocenters. The predicted molar refractivity (Wildman–Crippen MR) is 54.2 cm³/mol. The smallest absolute Gasteiger partial charge is 0.185 e. The van der Waals surface area contributed by atoms with Crippen molar-refractivity contribution >= 4 is 16.9 Å². The molecule has 0 spiro atoms. The highest BCUT2D eigenvalue weighted by Crippen LogP contribution is 2.23. The molecule has 68 valence electrons. The van der Waals surface area contributed by atoms with Gasteiger partial charge in [-0.05, 0) is 31.6 Å². The van der Waals surface area contributed by atoms with Crippen LogP contribution in [0.4, 0.5) is 0 Å². The molecule has 0 saturated carbocycles. The Hall–Kier alpha value is -0.240. The van der Waals surface area contributed by atoms with E-state index in [9.17, 15) is 4.79 Å². The zero-order valence-electron chi connectivity index (χ0n) is 7.58. The largest absolute Gasteiger partial charge is 0.288 e. The van der Waals surface area contributed by atoms with E-state index >= 15 is 0 Å². The summed E-state index contributed by atoms with van der Waals surface area (Å²) in [4.78, 5) is 10.6. The van der Waals surface area contributed by atoms with Gasteiger partial charge in [-0.15, -0.1) is 0 Å². The summed E-state index contributed by atoms with van der Waals surface area (Å²) in [7, 11) is 0. The van der Waals surface area contributed by atoms with Crippen LogP contribution in [0.5, 0.6) is 0 Å². The summed E-state index contributed by atoms with van der Waals surface area (Å²) in [6.07, 6.45) is 9.50. The van der Waals surface area contributed by atoms with E-state index < -0.39 is 0 Å². The third kappa shape index (κ3) is 3.96. The first-order valence-electron chi connectivity index (χ1n) is 4.57. The van der Waals surface area contributed by atoms with Crippen molar-refractivity contribution in [1.29, 1.82) is 0 Å². The Labute approximate surface area is 78.6 Å². The number of carbonyl (C=O) groups excluding carboxylic acids is 1. The molecule has 0 radical (unpaired) electrons. The van der Waals surface area contributed by atoms with Crippen molar-refractivity contribution < 1.29 is 4.79 Å². The first-order valence-corrected chi connectivity index (χ1v) is 5.56. The zero-order valence-corrected chi connectivity index (χ0v) is 8.40. The van der Waals surface area contributed by atoms with E-state index in [0.717, 1.165) is 11.7 Å². The van der Waals surface area contributed by atoms with Crippen molar-refractivity contribution in [2.45, 2.75) is 32.6 Å². The van der Waals surface area contributed by atoms with Crippen LogP contribution in [0.3, 0.4) is 0 Å². The second-order valence-corrected chi connectivity index (χ2v) is 4.55. The Balaban J connectivity index is 2.06. The topological polar surface area (TPSA) is 17.1 Å². The van der Waals surface area contributed by atoms with E-state index in [-0.39, 0.29) is 5.12 Å². The van der Waals surface area contributed by atoms with Gasteiger partial charge in [-0.25, -0.2) is 0 Å². The second-order valence-electron chi connectivity index (χ2n) is 3.28. The van der Waals surface area contributed by atoms with Crippen molar-refractivity contribution in [3.63, 3.8) is 0 Å². The monoisotopic (exact) mass is 184 g/mol. The Morgan fingerprint density at radius 2 is 2.42 bits per heavy atom. The molecule has 0 saturated heterocycles. The molecule has 0 aromatic rings. The quantitative estimate of drug-likeness (QED) is 0.627. The van der Waals surface area contributed by atoms with Gasteiger partial charge in [0.2, 0.25) is 0 Å². The molecule has 0 aromatic heterocycles. The van der Waals surface area contributed by atoms with Crippen LogP contribution in [0.2, 0.25) is 0 Å². The fourth-order valence-electron chi connectivity index (χ4n) is 1.49. The third-order valence-corrected chi connectivity index (χ3v) is 3.06. The molecule has 0 amide bonds. The van der Waals surface area contributed by atoms with Gasteiger partial charge in [-0.1, -0.05) is 23.9 Å². The zero-order chi connectivity index (χ0) is 8.81. The van der Waals surface area contributed by atoms with E-state index in [2.05, 4.69) is 12.2 Å². The molecule has 0 aliphatic heterocycles. The number of hydrogen-bond donors (Lipinski definition) is 0. The van der Waals surface area contributed by atoms with Gasteiger partial charge in [0.1, 0.15) is 0 Å². The fourth-order valence-corrected chi connectivity index (χ4v) is 2.23. The molecule has 1 rings (SSSR count). The predicted octanol–water partition coefficient (Wildman–Crippen LogP) is 3.01. The molecular weight excluding hydrogens is 168 g/mol. The molecule has 1 atom stereocenters. The highest BCUT2D eigenvalue weighted by atomic mass is 32.2. The number of carbonyl (C=O) groups is 1. The molecule has 0 aromatic carbocycles. The van der Waals surface area contributed by atoms with Crippen molar-refractivity contribution in [2.75, 3.05) is 5.75 Å². The summed E-state index contributed by atoms with van der Waals surface area (Å²) < 4.78 is 0. The molecule has 1 aliphatic rings. The van der Waals surface area contributed by atoms with E-state index in [4.69, 9.17) is 0 Å². The standard InChI is InChI=1S/C10H16OS/c1-9(11)12-8-7-10-5-3-2-4-6-10/h2-3,10H,4-8H2,1H3/t10-/m1/s1.